The standard InChI is InChI=1S/C20H23Cl2N5O3/c1-25-15-16(23-18(25)24-20(11-28)7-3-4-8-20)26(2)19(30)27(17(15)29)10-12-5-6-13(21)14(22)9-12/h5-6,9,28H,3-4,7-8,10-11H2,1-2H3,(H,23,24). The fourth-order valence-corrected chi connectivity index (χ4v) is 4.45. The molecule has 3 aromatic rings. The lowest BCUT2D eigenvalue weighted by Gasteiger charge is -2.28. The smallest absolute Gasteiger partial charge is 0.332 e. The molecule has 0 radical (unpaired) electrons. The second kappa shape index (κ2) is 7.76. The van der Waals surface area contributed by atoms with Crippen LogP contribution in [0.15, 0.2) is 27.8 Å². The van der Waals surface area contributed by atoms with E-state index in [1.165, 1.54) is 4.57 Å². The van der Waals surface area contributed by atoms with Crippen molar-refractivity contribution in [1.82, 2.24) is 18.7 Å². The minimum absolute atomic E-state index is 0.0172. The number of aryl methyl sites for hydroxylation is 2. The van der Waals surface area contributed by atoms with Crippen LogP contribution in [-0.2, 0) is 20.6 Å². The number of benzene rings is 1. The Labute approximate surface area is 182 Å². The van der Waals surface area contributed by atoms with Crippen molar-refractivity contribution < 1.29 is 5.11 Å². The van der Waals surface area contributed by atoms with Gasteiger partial charge in [-0.25, -0.2) is 4.79 Å². The molecule has 0 aliphatic heterocycles. The third-order valence-corrected chi connectivity index (χ3v) is 6.66. The quantitative estimate of drug-likeness (QED) is 0.621. The van der Waals surface area contributed by atoms with E-state index in [-0.39, 0.29) is 13.2 Å². The van der Waals surface area contributed by atoms with Crippen molar-refractivity contribution in [2.75, 3.05) is 11.9 Å². The van der Waals surface area contributed by atoms with Crippen LogP contribution in [0.1, 0.15) is 31.2 Å². The van der Waals surface area contributed by atoms with E-state index in [1.807, 2.05) is 0 Å². The first-order valence-corrected chi connectivity index (χ1v) is 10.5. The third-order valence-electron chi connectivity index (χ3n) is 5.92. The van der Waals surface area contributed by atoms with Gasteiger partial charge < -0.3 is 15.0 Å². The van der Waals surface area contributed by atoms with Gasteiger partial charge in [-0.3, -0.25) is 13.9 Å². The van der Waals surface area contributed by atoms with Gasteiger partial charge in [0, 0.05) is 14.1 Å². The first kappa shape index (κ1) is 21.0. The molecule has 2 N–H and O–H groups in total. The van der Waals surface area contributed by atoms with Gasteiger partial charge in [0.2, 0.25) is 5.95 Å². The second-order valence-corrected chi connectivity index (χ2v) is 8.73. The van der Waals surface area contributed by atoms with Crippen molar-refractivity contribution in [1.29, 1.82) is 0 Å². The average molecular weight is 452 g/mol. The lowest BCUT2D eigenvalue weighted by Crippen LogP contribution is -2.40. The lowest BCUT2D eigenvalue weighted by atomic mass is 9.99. The van der Waals surface area contributed by atoms with Crippen LogP contribution >= 0.6 is 23.2 Å². The Bertz CT molecular complexity index is 1240. The highest BCUT2D eigenvalue weighted by molar-refractivity contribution is 6.42. The summed E-state index contributed by atoms with van der Waals surface area (Å²) >= 11 is 12.0. The van der Waals surface area contributed by atoms with E-state index in [0.29, 0.717) is 32.7 Å². The normalized spacial score (nSPS) is 15.8. The van der Waals surface area contributed by atoms with Gasteiger partial charge in [0.15, 0.2) is 11.2 Å². The second-order valence-electron chi connectivity index (χ2n) is 7.92. The number of anilines is 1. The highest BCUT2D eigenvalue weighted by Crippen LogP contribution is 2.32. The molecule has 2 heterocycles. The highest BCUT2D eigenvalue weighted by atomic mass is 35.5. The molecular weight excluding hydrogens is 429 g/mol. The van der Waals surface area contributed by atoms with Crippen LogP contribution in [0, 0.1) is 0 Å². The molecule has 1 saturated carbocycles. The van der Waals surface area contributed by atoms with E-state index in [9.17, 15) is 14.7 Å². The summed E-state index contributed by atoms with van der Waals surface area (Å²) in [6, 6.07) is 5.00. The van der Waals surface area contributed by atoms with E-state index >= 15 is 0 Å². The molecule has 0 spiro atoms. The molecule has 0 bridgehead atoms. The largest absolute Gasteiger partial charge is 0.394 e. The maximum atomic E-state index is 13.2. The molecule has 10 heteroatoms. The minimum Gasteiger partial charge on any atom is -0.394 e. The predicted molar refractivity (Wildman–Crippen MR) is 118 cm³/mol. The summed E-state index contributed by atoms with van der Waals surface area (Å²) in [4.78, 5) is 30.6. The molecule has 30 heavy (non-hydrogen) atoms. The van der Waals surface area contributed by atoms with Gasteiger partial charge in [-0.1, -0.05) is 42.1 Å². The maximum absolute atomic E-state index is 13.2. The monoisotopic (exact) mass is 451 g/mol. The molecule has 0 atom stereocenters. The molecule has 0 saturated heterocycles. The molecule has 2 aromatic heterocycles. The molecule has 1 aromatic carbocycles. The molecular formula is C20H23Cl2N5O3. The molecule has 0 amide bonds. The topological polar surface area (TPSA) is 94.1 Å². The van der Waals surface area contributed by atoms with Gasteiger partial charge >= 0.3 is 5.69 Å². The number of nitrogens with zero attached hydrogens (tertiary/aromatic N) is 4. The lowest BCUT2D eigenvalue weighted by molar-refractivity contribution is 0.213. The Morgan fingerprint density at radius 3 is 2.47 bits per heavy atom. The summed E-state index contributed by atoms with van der Waals surface area (Å²) in [5.74, 6) is 0.459. The predicted octanol–water partition coefficient (Wildman–Crippen LogP) is 2.51. The number of imidazole rings is 1. The van der Waals surface area contributed by atoms with Gasteiger partial charge in [-0.05, 0) is 30.5 Å². The fourth-order valence-electron chi connectivity index (χ4n) is 4.13. The number of hydrogen-bond acceptors (Lipinski definition) is 5. The van der Waals surface area contributed by atoms with E-state index in [2.05, 4.69) is 10.3 Å². The molecule has 0 unspecified atom stereocenters. The number of fused-ring (bicyclic) bond motifs is 1. The fraction of sp³-hybridized carbons (Fsp3) is 0.450. The van der Waals surface area contributed by atoms with Gasteiger partial charge in [0.1, 0.15) is 0 Å². The summed E-state index contributed by atoms with van der Waals surface area (Å²) in [6.45, 7) is 0.0452. The van der Waals surface area contributed by atoms with Crippen molar-refractivity contribution >= 4 is 40.3 Å². The zero-order chi connectivity index (χ0) is 21.6. The third kappa shape index (κ3) is 3.42. The molecule has 160 valence electrons. The zero-order valence-corrected chi connectivity index (χ0v) is 18.3. The number of hydrogen-bond donors (Lipinski definition) is 2. The maximum Gasteiger partial charge on any atom is 0.332 e. The van der Waals surface area contributed by atoms with Crippen molar-refractivity contribution in [2.24, 2.45) is 14.1 Å². The van der Waals surface area contributed by atoms with Crippen molar-refractivity contribution in [3.63, 3.8) is 0 Å². The Hall–Kier alpha value is -2.29. The molecule has 1 aliphatic carbocycles. The summed E-state index contributed by atoms with van der Waals surface area (Å²) in [6.07, 6.45) is 3.69. The highest BCUT2D eigenvalue weighted by Gasteiger charge is 2.34. The van der Waals surface area contributed by atoms with Gasteiger partial charge in [0.25, 0.3) is 5.56 Å². The van der Waals surface area contributed by atoms with Crippen LogP contribution in [0.2, 0.25) is 10.0 Å². The number of aromatic nitrogens is 4. The van der Waals surface area contributed by atoms with E-state index < -0.39 is 16.8 Å². The Kier molecular flexibility index (Phi) is 5.42. The summed E-state index contributed by atoms with van der Waals surface area (Å²) in [7, 11) is 3.32. The van der Waals surface area contributed by atoms with Crippen molar-refractivity contribution in [3.05, 3.63) is 54.6 Å². The molecule has 1 aliphatic rings. The number of halogens is 2. The first-order valence-electron chi connectivity index (χ1n) is 9.75. The average Bonchev–Trinajstić information content (AvgIpc) is 3.32. The number of nitrogens with one attached hydrogen (secondary N) is 1. The van der Waals surface area contributed by atoms with Crippen molar-refractivity contribution in [2.45, 2.75) is 37.8 Å². The van der Waals surface area contributed by atoms with Crippen LogP contribution in [0.4, 0.5) is 5.95 Å². The minimum atomic E-state index is -0.471. The van der Waals surface area contributed by atoms with Crippen LogP contribution < -0.4 is 16.6 Å². The van der Waals surface area contributed by atoms with Crippen LogP contribution in [0.3, 0.4) is 0 Å². The molecule has 1 fully saturated rings. The van der Waals surface area contributed by atoms with Gasteiger partial charge in [-0.2, -0.15) is 4.98 Å². The summed E-state index contributed by atoms with van der Waals surface area (Å²) in [5.41, 5.74) is -0.0638. The zero-order valence-electron chi connectivity index (χ0n) is 16.8. The summed E-state index contributed by atoms with van der Waals surface area (Å²) < 4.78 is 4.17. The van der Waals surface area contributed by atoms with Gasteiger partial charge in [0.05, 0.1) is 28.7 Å². The van der Waals surface area contributed by atoms with Crippen LogP contribution in [0.25, 0.3) is 11.2 Å². The Morgan fingerprint density at radius 1 is 1.13 bits per heavy atom. The Balaban J connectivity index is 1.82. The number of aliphatic hydroxyl groups excluding tert-OH is 1. The Morgan fingerprint density at radius 2 is 1.83 bits per heavy atom. The summed E-state index contributed by atoms with van der Waals surface area (Å²) in [5, 5.41) is 14.0. The van der Waals surface area contributed by atoms with Crippen LogP contribution in [0.5, 0.6) is 0 Å². The number of aliphatic hydroxyl groups is 1. The van der Waals surface area contributed by atoms with E-state index in [4.69, 9.17) is 23.2 Å². The van der Waals surface area contributed by atoms with Gasteiger partial charge in [-0.15, -0.1) is 0 Å². The van der Waals surface area contributed by atoms with Crippen molar-refractivity contribution in [3.8, 4) is 0 Å². The first-order chi connectivity index (χ1) is 14.3. The number of rotatable bonds is 5. The van der Waals surface area contributed by atoms with E-state index in [0.717, 1.165) is 30.3 Å². The SMILES string of the molecule is Cn1c(NC2(CO)CCCC2)nc2c1c(=O)n(Cc1ccc(Cl)c(Cl)c1)c(=O)n2C. The van der Waals surface area contributed by atoms with E-state index in [1.54, 1.807) is 36.9 Å². The molecule has 4 rings (SSSR count). The van der Waals surface area contributed by atoms with Crippen LogP contribution in [-0.4, -0.2) is 35.9 Å². The molecule has 8 nitrogen and oxygen atoms in total.